The zero-order valence-electron chi connectivity index (χ0n) is 9.11. The summed E-state index contributed by atoms with van der Waals surface area (Å²) in [6.45, 7) is 1.86. The van der Waals surface area contributed by atoms with E-state index in [4.69, 9.17) is 10.2 Å². The molecule has 2 rings (SSSR count). The second-order valence-electron chi connectivity index (χ2n) is 3.85. The Labute approximate surface area is 93.9 Å². The Morgan fingerprint density at radius 1 is 1.25 bits per heavy atom. The van der Waals surface area contributed by atoms with Gasteiger partial charge in [-0.05, 0) is 37.1 Å². The third-order valence-electron chi connectivity index (χ3n) is 2.52. The molecular formula is C13H14FNO. The molecule has 0 aliphatic carbocycles. The standard InChI is InChI=1S/C13H14FNO/c1-9-6-7-13(16-9)12(15)8-10-4-2-3-5-11(10)14/h2-7,12H,8,15H2,1H3. The Morgan fingerprint density at radius 2 is 2.00 bits per heavy atom. The summed E-state index contributed by atoms with van der Waals surface area (Å²) in [6.07, 6.45) is 0.444. The van der Waals surface area contributed by atoms with Crippen LogP contribution in [-0.4, -0.2) is 0 Å². The first-order valence-corrected chi connectivity index (χ1v) is 5.22. The fourth-order valence-electron chi connectivity index (χ4n) is 1.65. The van der Waals surface area contributed by atoms with E-state index in [1.54, 1.807) is 18.2 Å². The van der Waals surface area contributed by atoms with Crippen LogP contribution in [-0.2, 0) is 6.42 Å². The van der Waals surface area contributed by atoms with Crippen molar-refractivity contribution in [1.29, 1.82) is 0 Å². The van der Waals surface area contributed by atoms with Crippen molar-refractivity contribution in [2.45, 2.75) is 19.4 Å². The summed E-state index contributed by atoms with van der Waals surface area (Å²) >= 11 is 0. The van der Waals surface area contributed by atoms with Gasteiger partial charge in [-0.25, -0.2) is 4.39 Å². The minimum atomic E-state index is -0.300. The molecule has 0 fully saturated rings. The van der Waals surface area contributed by atoms with E-state index in [9.17, 15) is 4.39 Å². The highest BCUT2D eigenvalue weighted by Gasteiger charge is 2.12. The molecule has 0 radical (unpaired) electrons. The lowest BCUT2D eigenvalue weighted by Gasteiger charge is -2.09. The van der Waals surface area contributed by atoms with Gasteiger partial charge in [0.05, 0.1) is 6.04 Å². The molecule has 84 valence electrons. The fourth-order valence-corrected chi connectivity index (χ4v) is 1.65. The van der Waals surface area contributed by atoms with Crippen LogP contribution in [0.2, 0.25) is 0 Å². The molecule has 0 aliphatic rings. The van der Waals surface area contributed by atoms with Crippen LogP contribution in [0.4, 0.5) is 4.39 Å². The van der Waals surface area contributed by atoms with Crippen LogP contribution in [0.5, 0.6) is 0 Å². The van der Waals surface area contributed by atoms with Crippen molar-refractivity contribution < 1.29 is 8.81 Å². The van der Waals surface area contributed by atoms with E-state index in [0.29, 0.717) is 17.7 Å². The Hall–Kier alpha value is -1.61. The highest BCUT2D eigenvalue weighted by molar-refractivity contribution is 5.20. The first-order valence-electron chi connectivity index (χ1n) is 5.22. The minimum Gasteiger partial charge on any atom is -0.465 e. The first-order chi connectivity index (χ1) is 7.66. The zero-order chi connectivity index (χ0) is 11.5. The summed E-state index contributed by atoms with van der Waals surface area (Å²) in [6, 6.07) is 10.0. The highest BCUT2D eigenvalue weighted by Crippen LogP contribution is 2.19. The SMILES string of the molecule is Cc1ccc(C(N)Cc2ccccc2F)o1. The normalized spacial score (nSPS) is 12.7. The predicted octanol–water partition coefficient (Wildman–Crippen LogP) is 2.97. The number of furan rings is 1. The van der Waals surface area contributed by atoms with Crippen molar-refractivity contribution in [2.75, 3.05) is 0 Å². The van der Waals surface area contributed by atoms with E-state index >= 15 is 0 Å². The summed E-state index contributed by atoms with van der Waals surface area (Å²) in [5.74, 6) is 1.29. The molecular weight excluding hydrogens is 205 g/mol. The maximum absolute atomic E-state index is 13.4. The van der Waals surface area contributed by atoms with Gasteiger partial charge in [-0.1, -0.05) is 18.2 Å². The zero-order valence-corrected chi connectivity index (χ0v) is 9.11. The van der Waals surface area contributed by atoms with E-state index in [1.807, 2.05) is 19.1 Å². The molecule has 0 spiro atoms. The second-order valence-corrected chi connectivity index (χ2v) is 3.85. The number of rotatable bonds is 3. The smallest absolute Gasteiger partial charge is 0.126 e. The molecule has 1 aromatic heterocycles. The average molecular weight is 219 g/mol. The van der Waals surface area contributed by atoms with Crippen molar-refractivity contribution in [2.24, 2.45) is 5.73 Å². The van der Waals surface area contributed by atoms with Crippen molar-refractivity contribution in [3.05, 3.63) is 59.3 Å². The summed E-state index contributed by atoms with van der Waals surface area (Å²) in [7, 11) is 0. The molecule has 2 N–H and O–H groups in total. The van der Waals surface area contributed by atoms with Crippen LogP contribution in [0.1, 0.15) is 23.1 Å². The molecule has 1 atom stereocenters. The molecule has 16 heavy (non-hydrogen) atoms. The number of halogens is 1. The summed E-state index contributed by atoms with van der Waals surface area (Å²) < 4.78 is 18.8. The van der Waals surface area contributed by atoms with Crippen LogP contribution in [0.3, 0.4) is 0 Å². The Kier molecular flexibility index (Phi) is 3.06. The molecule has 1 aromatic carbocycles. The van der Waals surface area contributed by atoms with Crippen molar-refractivity contribution in [3.63, 3.8) is 0 Å². The second kappa shape index (κ2) is 4.49. The van der Waals surface area contributed by atoms with Crippen LogP contribution in [0.15, 0.2) is 40.8 Å². The third kappa shape index (κ3) is 2.31. The molecule has 2 nitrogen and oxygen atoms in total. The van der Waals surface area contributed by atoms with Gasteiger partial charge < -0.3 is 10.2 Å². The molecule has 0 bridgehead atoms. The quantitative estimate of drug-likeness (QED) is 0.861. The lowest BCUT2D eigenvalue weighted by atomic mass is 10.0. The maximum atomic E-state index is 13.4. The summed E-state index contributed by atoms with van der Waals surface area (Å²) in [5, 5.41) is 0. The van der Waals surface area contributed by atoms with Crippen LogP contribution >= 0.6 is 0 Å². The molecule has 1 heterocycles. The van der Waals surface area contributed by atoms with Crippen molar-refractivity contribution >= 4 is 0 Å². The van der Waals surface area contributed by atoms with Gasteiger partial charge in [0.15, 0.2) is 0 Å². The minimum absolute atomic E-state index is 0.221. The van der Waals surface area contributed by atoms with Gasteiger partial charge in [0.1, 0.15) is 17.3 Å². The number of nitrogens with two attached hydrogens (primary N) is 1. The topological polar surface area (TPSA) is 39.2 Å². The number of hydrogen-bond donors (Lipinski definition) is 1. The van der Waals surface area contributed by atoms with Crippen molar-refractivity contribution in [1.82, 2.24) is 0 Å². The van der Waals surface area contributed by atoms with Gasteiger partial charge in [-0.2, -0.15) is 0 Å². The van der Waals surface area contributed by atoms with E-state index in [0.717, 1.165) is 5.76 Å². The van der Waals surface area contributed by atoms with Gasteiger partial charge in [0.2, 0.25) is 0 Å². The molecule has 2 aromatic rings. The lowest BCUT2D eigenvalue weighted by molar-refractivity contribution is 0.442. The lowest BCUT2D eigenvalue weighted by Crippen LogP contribution is -2.13. The Morgan fingerprint density at radius 3 is 2.62 bits per heavy atom. The molecule has 0 saturated heterocycles. The van der Waals surface area contributed by atoms with E-state index in [2.05, 4.69) is 0 Å². The van der Waals surface area contributed by atoms with E-state index in [-0.39, 0.29) is 11.9 Å². The van der Waals surface area contributed by atoms with Gasteiger partial charge >= 0.3 is 0 Å². The monoisotopic (exact) mass is 219 g/mol. The van der Waals surface area contributed by atoms with Crippen LogP contribution < -0.4 is 5.73 Å². The number of benzene rings is 1. The Balaban J connectivity index is 2.13. The van der Waals surface area contributed by atoms with Crippen LogP contribution in [0.25, 0.3) is 0 Å². The largest absolute Gasteiger partial charge is 0.465 e. The fraction of sp³-hybridized carbons (Fsp3) is 0.231. The van der Waals surface area contributed by atoms with Gasteiger partial charge in [0, 0.05) is 0 Å². The number of aryl methyl sites for hydroxylation is 1. The van der Waals surface area contributed by atoms with Gasteiger partial charge in [-0.3, -0.25) is 0 Å². The molecule has 0 aliphatic heterocycles. The summed E-state index contributed by atoms with van der Waals surface area (Å²) in [4.78, 5) is 0. The third-order valence-corrected chi connectivity index (χ3v) is 2.52. The first kappa shape index (κ1) is 10.9. The maximum Gasteiger partial charge on any atom is 0.126 e. The Bertz CT molecular complexity index is 478. The van der Waals surface area contributed by atoms with E-state index < -0.39 is 0 Å². The number of hydrogen-bond acceptors (Lipinski definition) is 2. The summed E-state index contributed by atoms with van der Waals surface area (Å²) in [5.41, 5.74) is 6.56. The van der Waals surface area contributed by atoms with E-state index in [1.165, 1.54) is 6.07 Å². The molecule has 3 heteroatoms. The van der Waals surface area contributed by atoms with Gasteiger partial charge in [-0.15, -0.1) is 0 Å². The average Bonchev–Trinajstić information content (AvgIpc) is 2.68. The molecule has 0 amide bonds. The predicted molar refractivity (Wildman–Crippen MR) is 60.5 cm³/mol. The van der Waals surface area contributed by atoms with Crippen molar-refractivity contribution in [3.8, 4) is 0 Å². The molecule has 1 unspecified atom stereocenters. The van der Waals surface area contributed by atoms with Crippen LogP contribution in [0, 0.1) is 12.7 Å². The van der Waals surface area contributed by atoms with Gasteiger partial charge in [0.25, 0.3) is 0 Å². The molecule has 0 saturated carbocycles. The highest BCUT2D eigenvalue weighted by atomic mass is 19.1.